The van der Waals surface area contributed by atoms with Crippen molar-refractivity contribution in [1.29, 1.82) is 0 Å². The number of amides is 1. The number of anilines is 2. The first kappa shape index (κ1) is 21.2. The van der Waals surface area contributed by atoms with Crippen LogP contribution in [0, 0.1) is 19.7 Å². The Balaban J connectivity index is 1.82. The van der Waals surface area contributed by atoms with Crippen molar-refractivity contribution in [3.63, 3.8) is 0 Å². The first-order valence-electron chi connectivity index (χ1n) is 9.95. The highest BCUT2D eigenvalue weighted by Crippen LogP contribution is 2.37. The van der Waals surface area contributed by atoms with Gasteiger partial charge in [0.25, 0.3) is 11.7 Å². The Labute approximate surface area is 184 Å². The topological polar surface area (TPSA) is 98.1 Å². The molecule has 0 aliphatic carbocycles. The van der Waals surface area contributed by atoms with Gasteiger partial charge in [-0.25, -0.2) is 13.9 Å². The summed E-state index contributed by atoms with van der Waals surface area (Å²) in [7, 11) is 1.22. The molecule has 1 amide bonds. The Bertz CT molecular complexity index is 1260. The number of allylic oxidation sites excluding steroid dienone is 1. The van der Waals surface area contributed by atoms with E-state index in [2.05, 4.69) is 20.7 Å². The van der Waals surface area contributed by atoms with Crippen LogP contribution < -0.4 is 10.6 Å². The lowest BCUT2D eigenvalue weighted by Crippen LogP contribution is -2.32. The van der Waals surface area contributed by atoms with Crippen molar-refractivity contribution >= 4 is 23.5 Å². The van der Waals surface area contributed by atoms with Crippen LogP contribution in [0.25, 0.3) is 0 Å². The molecule has 0 bridgehead atoms. The highest BCUT2D eigenvalue weighted by molar-refractivity contribution is 6.06. The van der Waals surface area contributed by atoms with E-state index in [1.165, 1.54) is 17.9 Å². The van der Waals surface area contributed by atoms with E-state index in [9.17, 15) is 14.0 Å². The summed E-state index contributed by atoms with van der Waals surface area (Å²) in [6.45, 7) is 5.56. The van der Waals surface area contributed by atoms with E-state index < -0.39 is 23.7 Å². The van der Waals surface area contributed by atoms with Crippen LogP contribution in [0.1, 0.15) is 40.3 Å². The minimum atomic E-state index is -0.941. The predicted octanol–water partition coefficient (Wildman–Crippen LogP) is 3.75. The molecule has 164 valence electrons. The van der Waals surface area contributed by atoms with Crippen LogP contribution in [0.5, 0.6) is 0 Å². The second kappa shape index (κ2) is 8.26. The average Bonchev–Trinajstić information content (AvgIpc) is 3.18. The first-order valence-corrected chi connectivity index (χ1v) is 9.95. The van der Waals surface area contributed by atoms with Gasteiger partial charge in [0, 0.05) is 16.9 Å². The van der Waals surface area contributed by atoms with Gasteiger partial charge in [-0.05, 0) is 38.5 Å². The van der Waals surface area contributed by atoms with Crippen molar-refractivity contribution in [1.82, 2.24) is 14.8 Å². The molecular formula is C23H22FN5O3. The largest absolute Gasteiger partial charge is 0.463 e. The van der Waals surface area contributed by atoms with Crippen LogP contribution in [-0.2, 0) is 9.53 Å². The summed E-state index contributed by atoms with van der Waals surface area (Å²) in [5.41, 5.74) is 3.56. The monoisotopic (exact) mass is 435 g/mol. The molecule has 1 aromatic heterocycles. The summed E-state index contributed by atoms with van der Waals surface area (Å²) in [6.07, 6.45) is 0. The number of carbonyl (C=O) groups excluding carboxylic acids is 2. The van der Waals surface area contributed by atoms with Crippen LogP contribution in [-0.4, -0.2) is 33.8 Å². The number of ether oxygens (including phenoxy) is 1. The molecule has 3 aromatic rings. The van der Waals surface area contributed by atoms with Gasteiger partial charge in [-0.1, -0.05) is 35.9 Å². The molecule has 32 heavy (non-hydrogen) atoms. The third-order valence-corrected chi connectivity index (χ3v) is 5.30. The van der Waals surface area contributed by atoms with Crippen molar-refractivity contribution in [3.05, 3.63) is 82.1 Å². The quantitative estimate of drug-likeness (QED) is 0.606. The Morgan fingerprint density at radius 1 is 1.16 bits per heavy atom. The standard InChI is InChI=1S/C23H22FN5O3/c1-12-9-10-17(13(2)11-12)26-21(30)18-14(3)25-23-27-20(22(31)32-4)28-29(23)19(18)15-7-5-6-8-16(15)24/h5-11,19H,1-4H3,(H,26,30)(H,25,27,28)/t19-/m1/s1. The molecule has 0 unspecified atom stereocenters. The number of carbonyl (C=O) groups is 2. The van der Waals surface area contributed by atoms with E-state index >= 15 is 0 Å². The summed E-state index contributed by atoms with van der Waals surface area (Å²) in [4.78, 5) is 29.6. The summed E-state index contributed by atoms with van der Waals surface area (Å²) in [5, 5.41) is 10.1. The van der Waals surface area contributed by atoms with Crippen LogP contribution in [0.3, 0.4) is 0 Å². The molecular weight excluding hydrogens is 413 g/mol. The second-order valence-corrected chi connectivity index (χ2v) is 7.56. The minimum absolute atomic E-state index is 0.194. The molecule has 2 aromatic carbocycles. The van der Waals surface area contributed by atoms with Gasteiger partial charge in [0.15, 0.2) is 0 Å². The van der Waals surface area contributed by atoms with Crippen molar-refractivity contribution in [3.8, 4) is 0 Å². The van der Waals surface area contributed by atoms with Crippen molar-refractivity contribution < 1.29 is 18.7 Å². The Hall–Kier alpha value is -4.01. The molecule has 0 saturated carbocycles. The molecule has 9 heteroatoms. The minimum Gasteiger partial charge on any atom is -0.463 e. The molecule has 0 saturated heterocycles. The third-order valence-electron chi connectivity index (χ3n) is 5.30. The number of aryl methyl sites for hydroxylation is 2. The highest BCUT2D eigenvalue weighted by Gasteiger charge is 2.36. The second-order valence-electron chi connectivity index (χ2n) is 7.56. The van der Waals surface area contributed by atoms with Gasteiger partial charge in [-0.3, -0.25) is 4.79 Å². The van der Waals surface area contributed by atoms with Gasteiger partial charge in [0.2, 0.25) is 5.95 Å². The molecule has 4 rings (SSSR count). The number of hydrogen-bond acceptors (Lipinski definition) is 6. The molecule has 1 aliphatic heterocycles. The maximum Gasteiger partial charge on any atom is 0.378 e. The Kier molecular flexibility index (Phi) is 5.48. The normalized spacial score (nSPS) is 15.1. The van der Waals surface area contributed by atoms with Crippen molar-refractivity contribution in [2.24, 2.45) is 0 Å². The lowest BCUT2D eigenvalue weighted by molar-refractivity contribution is -0.113. The number of hydrogen-bond donors (Lipinski definition) is 2. The summed E-state index contributed by atoms with van der Waals surface area (Å²) in [5.74, 6) is -1.65. The number of aromatic nitrogens is 3. The van der Waals surface area contributed by atoms with Crippen LogP contribution in [0.2, 0.25) is 0 Å². The number of halogens is 1. The van der Waals surface area contributed by atoms with E-state index in [1.807, 2.05) is 32.0 Å². The molecule has 1 aliphatic rings. The molecule has 2 N–H and O–H groups in total. The molecule has 8 nitrogen and oxygen atoms in total. The fourth-order valence-corrected chi connectivity index (χ4v) is 3.75. The van der Waals surface area contributed by atoms with Gasteiger partial charge in [0.1, 0.15) is 11.9 Å². The first-order chi connectivity index (χ1) is 15.3. The fourth-order valence-electron chi connectivity index (χ4n) is 3.75. The molecule has 1 atom stereocenters. The van der Waals surface area contributed by atoms with E-state index in [0.29, 0.717) is 11.4 Å². The van der Waals surface area contributed by atoms with E-state index in [-0.39, 0.29) is 22.9 Å². The fraction of sp³-hybridized carbons (Fsp3) is 0.217. The van der Waals surface area contributed by atoms with E-state index in [0.717, 1.165) is 11.1 Å². The Morgan fingerprint density at radius 3 is 2.59 bits per heavy atom. The van der Waals surface area contributed by atoms with Crippen LogP contribution in [0.15, 0.2) is 53.7 Å². The third kappa shape index (κ3) is 3.73. The molecule has 0 spiro atoms. The maximum absolute atomic E-state index is 14.9. The van der Waals surface area contributed by atoms with Crippen LogP contribution >= 0.6 is 0 Å². The SMILES string of the molecule is COC(=O)c1nc2n(n1)[C@H](c1ccccc1F)C(C(=O)Nc1ccc(C)cc1C)=C(C)N2. The number of nitrogens with one attached hydrogen (secondary N) is 2. The van der Waals surface area contributed by atoms with Gasteiger partial charge in [0.05, 0.1) is 12.7 Å². The lowest BCUT2D eigenvalue weighted by Gasteiger charge is -2.29. The Morgan fingerprint density at radius 2 is 1.91 bits per heavy atom. The molecule has 2 heterocycles. The zero-order chi connectivity index (χ0) is 23.0. The van der Waals surface area contributed by atoms with E-state index in [4.69, 9.17) is 4.74 Å². The maximum atomic E-state index is 14.9. The predicted molar refractivity (Wildman–Crippen MR) is 117 cm³/mol. The smallest absolute Gasteiger partial charge is 0.378 e. The molecule has 0 radical (unpaired) electrons. The zero-order valence-electron chi connectivity index (χ0n) is 18.1. The van der Waals surface area contributed by atoms with Gasteiger partial charge in [-0.15, -0.1) is 5.10 Å². The summed E-state index contributed by atoms with van der Waals surface area (Å²) >= 11 is 0. The van der Waals surface area contributed by atoms with Crippen molar-refractivity contribution in [2.45, 2.75) is 26.8 Å². The highest BCUT2D eigenvalue weighted by atomic mass is 19.1. The summed E-state index contributed by atoms with van der Waals surface area (Å²) in [6, 6.07) is 10.9. The number of nitrogens with zero attached hydrogens (tertiary/aromatic N) is 3. The number of rotatable bonds is 4. The van der Waals surface area contributed by atoms with Crippen molar-refractivity contribution in [2.75, 3.05) is 17.7 Å². The number of fused-ring (bicyclic) bond motifs is 1. The van der Waals surface area contributed by atoms with Crippen LogP contribution in [0.4, 0.5) is 16.0 Å². The number of benzene rings is 2. The van der Waals surface area contributed by atoms with Gasteiger partial charge < -0.3 is 15.4 Å². The lowest BCUT2D eigenvalue weighted by atomic mass is 9.94. The number of esters is 1. The van der Waals surface area contributed by atoms with E-state index in [1.54, 1.807) is 25.1 Å². The zero-order valence-corrected chi connectivity index (χ0v) is 18.1. The molecule has 0 fully saturated rings. The summed E-state index contributed by atoms with van der Waals surface area (Å²) < 4.78 is 20.9. The van der Waals surface area contributed by atoms with Gasteiger partial charge >= 0.3 is 5.97 Å². The number of methoxy groups -OCH3 is 1. The average molecular weight is 435 g/mol. The van der Waals surface area contributed by atoms with Gasteiger partial charge in [-0.2, -0.15) is 4.98 Å².